The average Bonchev–Trinajstić information content (AvgIpc) is 2.75. The molecular formula is C14H10I2O2. The molecule has 0 spiro atoms. The van der Waals surface area contributed by atoms with Crippen molar-refractivity contribution >= 4 is 67.1 Å². The summed E-state index contributed by atoms with van der Waals surface area (Å²) < 4.78 is 13.6. The average molecular weight is 464 g/mol. The first kappa shape index (κ1) is 12.5. The third kappa shape index (κ3) is 1.72. The van der Waals surface area contributed by atoms with Crippen LogP contribution in [0.2, 0.25) is 0 Å². The molecule has 0 N–H and O–H groups in total. The van der Waals surface area contributed by atoms with E-state index in [-0.39, 0.29) is 0 Å². The van der Waals surface area contributed by atoms with E-state index in [1.54, 1.807) is 7.11 Å². The van der Waals surface area contributed by atoms with Gasteiger partial charge >= 0.3 is 0 Å². The first-order valence-electron chi connectivity index (χ1n) is 5.47. The van der Waals surface area contributed by atoms with Crippen LogP contribution in [-0.4, -0.2) is 7.11 Å². The first-order chi connectivity index (χ1) is 8.63. The molecule has 92 valence electrons. The SMILES string of the molecule is COc1ccc2c(oc3c(I)c(C)ccc32)c1I. The van der Waals surface area contributed by atoms with E-state index in [1.165, 1.54) is 14.5 Å². The lowest BCUT2D eigenvalue weighted by Gasteiger charge is -2.01. The zero-order valence-corrected chi connectivity index (χ0v) is 14.2. The predicted octanol–water partition coefficient (Wildman–Crippen LogP) is 5.11. The number of rotatable bonds is 1. The Labute approximate surface area is 132 Å². The fourth-order valence-electron chi connectivity index (χ4n) is 2.08. The largest absolute Gasteiger partial charge is 0.496 e. The Morgan fingerprint density at radius 2 is 1.56 bits per heavy atom. The highest BCUT2D eigenvalue weighted by atomic mass is 127. The van der Waals surface area contributed by atoms with Crippen molar-refractivity contribution in [1.29, 1.82) is 0 Å². The zero-order valence-electron chi connectivity index (χ0n) is 9.88. The van der Waals surface area contributed by atoms with Crippen LogP contribution in [0.3, 0.4) is 0 Å². The van der Waals surface area contributed by atoms with Gasteiger partial charge in [-0.15, -0.1) is 0 Å². The molecule has 2 nitrogen and oxygen atoms in total. The van der Waals surface area contributed by atoms with Crippen molar-refractivity contribution in [3.63, 3.8) is 0 Å². The highest BCUT2D eigenvalue weighted by Gasteiger charge is 2.15. The van der Waals surface area contributed by atoms with Crippen LogP contribution in [0.1, 0.15) is 5.56 Å². The lowest BCUT2D eigenvalue weighted by molar-refractivity contribution is 0.411. The topological polar surface area (TPSA) is 22.4 Å². The van der Waals surface area contributed by atoms with Crippen LogP contribution in [0.5, 0.6) is 5.75 Å². The van der Waals surface area contributed by atoms with Gasteiger partial charge in [-0.25, -0.2) is 0 Å². The Kier molecular flexibility index (Phi) is 3.17. The molecule has 1 aromatic heterocycles. The van der Waals surface area contributed by atoms with Gasteiger partial charge in [-0.1, -0.05) is 12.1 Å². The molecule has 0 aliphatic heterocycles. The molecule has 0 unspecified atom stereocenters. The molecule has 3 rings (SSSR count). The summed E-state index contributed by atoms with van der Waals surface area (Å²) in [5.41, 5.74) is 3.12. The molecule has 2 aromatic carbocycles. The Morgan fingerprint density at radius 1 is 0.944 bits per heavy atom. The Bertz CT molecular complexity index is 759. The number of hydrogen-bond acceptors (Lipinski definition) is 2. The minimum atomic E-state index is 0.855. The van der Waals surface area contributed by atoms with E-state index >= 15 is 0 Å². The molecule has 1 heterocycles. The lowest BCUT2D eigenvalue weighted by Crippen LogP contribution is -1.85. The second kappa shape index (κ2) is 4.56. The van der Waals surface area contributed by atoms with Crippen LogP contribution in [0.15, 0.2) is 28.7 Å². The fourth-order valence-corrected chi connectivity index (χ4v) is 3.46. The molecule has 0 radical (unpaired) electrons. The third-order valence-electron chi connectivity index (χ3n) is 3.07. The van der Waals surface area contributed by atoms with Gasteiger partial charge in [0.1, 0.15) is 11.3 Å². The Morgan fingerprint density at radius 3 is 2.22 bits per heavy atom. The summed E-state index contributed by atoms with van der Waals surface area (Å²) in [7, 11) is 1.68. The van der Waals surface area contributed by atoms with Gasteiger partial charge in [-0.2, -0.15) is 0 Å². The quantitative estimate of drug-likeness (QED) is 0.468. The zero-order chi connectivity index (χ0) is 12.9. The van der Waals surface area contributed by atoms with Crippen LogP contribution in [0, 0.1) is 14.1 Å². The molecule has 18 heavy (non-hydrogen) atoms. The summed E-state index contributed by atoms with van der Waals surface area (Å²) in [5.74, 6) is 0.855. The first-order valence-corrected chi connectivity index (χ1v) is 7.63. The minimum absolute atomic E-state index is 0.855. The van der Waals surface area contributed by atoms with E-state index in [2.05, 4.69) is 70.3 Å². The maximum atomic E-state index is 6.04. The highest BCUT2D eigenvalue weighted by molar-refractivity contribution is 14.1. The fraction of sp³-hybridized carbons (Fsp3) is 0.143. The molecule has 3 aromatic rings. The van der Waals surface area contributed by atoms with Crippen molar-refractivity contribution in [2.75, 3.05) is 7.11 Å². The van der Waals surface area contributed by atoms with Gasteiger partial charge in [0.2, 0.25) is 0 Å². The monoisotopic (exact) mass is 464 g/mol. The molecule has 0 fully saturated rings. The van der Waals surface area contributed by atoms with Crippen LogP contribution in [0.4, 0.5) is 0 Å². The number of benzene rings is 2. The predicted molar refractivity (Wildman–Crippen MR) is 90.4 cm³/mol. The molecule has 0 bridgehead atoms. The normalized spacial score (nSPS) is 11.3. The van der Waals surface area contributed by atoms with Crippen molar-refractivity contribution < 1.29 is 9.15 Å². The smallest absolute Gasteiger partial charge is 0.152 e. The summed E-state index contributed by atoms with van der Waals surface area (Å²) in [6.07, 6.45) is 0. The number of hydrogen-bond donors (Lipinski definition) is 0. The van der Waals surface area contributed by atoms with E-state index < -0.39 is 0 Å². The summed E-state index contributed by atoms with van der Waals surface area (Å²) in [4.78, 5) is 0. The molecule has 0 amide bonds. The van der Waals surface area contributed by atoms with Gasteiger partial charge in [0.05, 0.1) is 14.3 Å². The van der Waals surface area contributed by atoms with E-state index in [4.69, 9.17) is 9.15 Å². The van der Waals surface area contributed by atoms with E-state index in [9.17, 15) is 0 Å². The van der Waals surface area contributed by atoms with Crippen molar-refractivity contribution in [3.05, 3.63) is 37.0 Å². The van der Waals surface area contributed by atoms with E-state index in [0.29, 0.717) is 0 Å². The van der Waals surface area contributed by atoms with Crippen molar-refractivity contribution in [3.8, 4) is 5.75 Å². The summed E-state index contributed by atoms with van der Waals surface area (Å²) in [6.45, 7) is 2.10. The van der Waals surface area contributed by atoms with Crippen molar-refractivity contribution in [1.82, 2.24) is 0 Å². The Hall–Kier alpha value is -0.500. The molecule has 0 saturated carbocycles. The van der Waals surface area contributed by atoms with Gasteiger partial charge in [0, 0.05) is 10.8 Å². The molecule has 0 saturated heterocycles. The van der Waals surface area contributed by atoms with Crippen LogP contribution < -0.4 is 4.74 Å². The molecule has 0 aliphatic carbocycles. The van der Waals surface area contributed by atoms with Gasteiger partial charge < -0.3 is 9.15 Å². The van der Waals surface area contributed by atoms with Gasteiger partial charge in [-0.05, 0) is 69.8 Å². The number of methoxy groups -OCH3 is 1. The Balaban J connectivity index is 2.50. The second-order valence-electron chi connectivity index (χ2n) is 4.13. The highest BCUT2D eigenvalue weighted by Crippen LogP contribution is 2.38. The molecule has 0 atom stereocenters. The van der Waals surface area contributed by atoms with Crippen LogP contribution in [-0.2, 0) is 0 Å². The number of fused-ring (bicyclic) bond motifs is 3. The van der Waals surface area contributed by atoms with Gasteiger partial charge in [0.25, 0.3) is 0 Å². The third-order valence-corrected chi connectivity index (χ3v) is 5.43. The van der Waals surface area contributed by atoms with E-state index in [1.807, 2.05) is 6.07 Å². The van der Waals surface area contributed by atoms with Crippen molar-refractivity contribution in [2.45, 2.75) is 6.92 Å². The van der Waals surface area contributed by atoms with Crippen molar-refractivity contribution in [2.24, 2.45) is 0 Å². The molecular weight excluding hydrogens is 454 g/mol. The minimum Gasteiger partial charge on any atom is -0.496 e. The molecule has 4 heteroatoms. The van der Waals surface area contributed by atoms with Gasteiger partial charge in [-0.3, -0.25) is 0 Å². The maximum absolute atomic E-state index is 6.04. The van der Waals surface area contributed by atoms with Gasteiger partial charge in [0.15, 0.2) is 5.58 Å². The standard InChI is InChI=1S/C14H10I2O2/c1-7-3-4-8-9-5-6-10(17-2)12(16)14(9)18-13(8)11(7)15/h3-6H,1-2H3. The number of aryl methyl sites for hydroxylation is 1. The maximum Gasteiger partial charge on any atom is 0.152 e. The number of furan rings is 1. The van der Waals surface area contributed by atoms with E-state index in [0.717, 1.165) is 25.9 Å². The summed E-state index contributed by atoms with van der Waals surface area (Å²) >= 11 is 4.61. The number of ether oxygens (including phenoxy) is 1. The lowest BCUT2D eigenvalue weighted by atomic mass is 10.1. The van der Waals surface area contributed by atoms with Crippen LogP contribution in [0.25, 0.3) is 21.9 Å². The summed E-state index contributed by atoms with van der Waals surface area (Å²) in [5, 5.41) is 2.31. The summed E-state index contributed by atoms with van der Waals surface area (Å²) in [6, 6.07) is 8.32. The number of halogens is 2. The van der Waals surface area contributed by atoms with Crippen LogP contribution >= 0.6 is 45.2 Å². The molecule has 0 aliphatic rings. The second-order valence-corrected chi connectivity index (χ2v) is 6.29.